The zero-order chi connectivity index (χ0) is 11.1. The molecule has 0 heterocycles. The molecule has 4 nitrogen and oxygen atoms in total. The fourth-order valence-corrected chi connectivity index (χ4v) is 1.08. The Bertz CT molecular complexity index is 355. The Morgan fingerprint density at radius 2 is 2.19 bits per heavy atom. The molecule has 0 bridgehead atoms. The minimum Gasteiger partial charge on any atom is -0.542 e. The first-order valence-electron chi connectivity index (χ1n) is 4.60. The third kappa shape index (κ3) is 4.52. The number of nitrogen functional groups attached to an aromatic ring is 1. The molecular formula is C11H12LiNO3. The van der Waals surface area contributed by atoms with Crippen LogP contribution < -0.4 is 29.3 Å². The van der Waals surface area contributed by atoms with E-state index in [-0.39, 0.29) is 18.9 Å². The number of carbonyl (C=O) groups is 1. The fourth-order valence-electron chi connectivity index (χ4n) is 1.08. The van der Waals surface area contributed by atoms with Gasteiger partial charge in [-0.1, -0.05) is 0 Å². The molecule has 2 N–H and O–H groups in total. The van der Waals surface area contributed by atoms with Gasteiger partial charge in [-0.15, -0.1) is 6.42 Å². The summed E-state index contributed by atoms with van der Waals surface area (Å²) in [5, 5.41) is 0. The van der Waals surface area contributed by atoms with Gasteiger partial charge in [0.25, 0.3) is 0 Å². The first-order chi connectivity index (χ1) is 7.27. The van der Waals surface area contributed by atoms with Crippen LogP contribution in [-0.4, -0.2) is 19.2 Å². The number of anilines is 1. The number of ether oxygens (including phenoxy) is 1. The summed E-state index contributed by atoms with van der Waals surface area (Å²) in [6, 6.07) is 4.86. The largest absolute Gasteiger partial charge is 1.00 e. The van der Waals surface area contributed by atoms with Crippen molar-refractivity contribution in [1.29, 1.82) is 0 Å². The molecule has 0 atom stereocenters. The van der Waals surface area contributed by atoms with Gasteiger partial charge in [0.05, 0.1) is 6.61 Å². The van der Waals surface area contributed by atoms with E-state index in [9.17, 15) is 9.59 Å². The maximum atomic E-state index is 10.5. The average molecular weight is 213 g/mol. The third-order valence-corrected chi connectivity index (χ3v) is 1.88. The molecule has 0 aromatic heterocycles. The van der Waals surface area contributed by atoms with Gasteiger partial charge in [-0.05, 0) is 18.6 Å². The Morgan fingerprint density at radius 1 is 1.44 bits per heavy atom. The van der Waals surface area contributed by atoms with Crippen molar-refractivity contribution in [2.75, 3.05) is 12.3 Å². The normalized spacial score (nSPS) is 9.00. The average Bonchev–Trinajstić information content (AvgIpc) is 2.25. The molecule has 0 aliphatic heterocycles. The van der Waals surface area contributed by atoms with Crippen molar-refractivity contribution in [3.8, 4) is 5.75 Å². The fraction of sp³-hybridized carbons (Fsp3) is 0.273. The summed E-state index contributed by atoms with van der Waals surface area (Å²) < 4.78 is 5.31. The maximum absolute atomic E-state index is 10.5. The van der Waals surface area contributed by atoms with Crippen LogP contribution in [0.2, 0.25) is 0 Å². The van der Waals surface area contributed by atoms with Crippen molar-refractivity contribution < 1.29 is 33.2 Å². The monoisotopic (exact) mass is 213 g/mol. The number of carbonyl (C=O) groups excluding carboxylic acids is 2. The number of benzene rings is 1. The second-order valence-corrected chi connectivity index (χ2v) is 3.00. The molecule has 0 fully saturated rings. The van der Waals surface area contributed by atoms with Gasteiger partial charge in [-0.3, -0.25) is 11.1 Å². The molecule has 0 spiro atoms. The Balaban J connectivity index is 0.00000225. The van der Waals surface area contributed by atoms with Crippen LogP contribution in [0.15, 0.2) is 18.2 Å². The predicted octanol–water partition coefficient (Wildman–Crippen LogP) is -1.65. The second-order valence-electron chi connectivity index (χ2n) is 3.00. The van der Waals surface area contributed by atoms with Crippen molar-refractivity contribution in [3.63, 3.8) is 0 Å². The Labute approximate surface area is 106 Å². The summed E-state index contributed by atoms with van der Waals surface area (Å²) in [6.45, 7) is 0.440. The second kappa shape index (κ2) is 7.97. The van der Waals surface area contributed by atoms with Crippen molar-refractivity contribution in [3.05, 3.63) is 23.8 Å². The van der Waals surface area contributed by atoms with E-state index in [1.165, 1.54) is 0 Å². The van der Waals surface area contributed by atoms with Crippen LogP contribution in [0.4, 0.5) is 5.69 Å². The van der Waals surface area contributed by atoms with Crippen LogP contribution in [-0.2, 0) is 4.79 Å². The van der Waals surface area contributed by atoms with Gasteiger partial charge < -0.3 is 15.3 Å². The molecule has 16 heavy (non-hydrogen) atoms. The zero-order valence-corrected chi connectivity index (χ0v) is 9.23. The van der Waals surface area contributed by atoms with Crippen LogP contribution in [0.5, 0.6) is 5.75 Å². The first-order valence-corrected chi connectivity index (χ1v) is 4.60. The van der Waals surface area contributed by atoms with E-state index < -0.39 is 0 Å². The van der Waals surface area contributed by atoms with Gasteiger partial charge in [0.2, 0.25) is 0 Å². The van der Waals surface area contributed by atoms with E-state index in [0.29, 0.717) is 42.7 Å². The molecular weight excluding hydrogens is 201 g/mol. The standard InChI is InChI=1S/C11H12NO3.Li/c12-11-7-10(4-3-9(11)8-14)15-6-2-1-5-13;/h3-4,7-8H,1-2,6,12H2;/q-1;+1. The van der Waals surface area contributed by atoms with Gasteiger partial charge in [-0.25, -0.2) is 0 Å². The van der Waals surface area contributed by atoms with Crippen molar-refractivity contribution in [2.45, 2.75) is 12.8 Å². The predicted molar refractivity (Wildman–Crippen MR) is 56.7 cm³/mol. The van der Waals surface area contributed by atoms with Gasteiger partial charge >= 0.3 is 18.9 Å². The SMILES string of the molecule is Nc1cc(OCCC[C-]=O)ccc1C=O.[Li+]. The van der Waals surface area contributed by atoms with Gasteiger partial charge in [0.15, 0.2) is 6.29 Å². The summed E-state index contributed by atoms with van der Waals surface area (Å²) in [6.07, 6.45) is 3.46. The molecule has 0 aliphatic rings. The van der Waals surface area contributed by atoms with Crippen LogP contribution in [0.3, 0.4) is 0 Å². The molecule has 1 aromatic carbocycles. The number of rotatable bonds is 6. The topological polar surface area (TPSA) is 69.4 Å². The Hall–Kier alpha value is -1.24. The Kier molecular flexibility index (Phi) is 7.35. The quantitative estimate of drug-likeness (QED) is 0.202. The summed E-state index contributed by atoms with van der Waals surface area (Å²) in [5.74, 6) is 0.601. The van der Waals surface area contributed by atoms with Gasteiger partial charge in [-0.2, -0.15) is 0 Å². The third-order valence-electron chi connectivity index (χ3n) is 1.88. The van der Waals surface area contributed by atoms with Crippen LogP contribution in [0, 0.1) is 0 Å². The zero-order valence-electron chi connectivity index (χ0n) is 9.23. The minimum atomic E-state index is 0. The van der Waals surface area contributed by atoms with Crippen LogP contribution in [0.25, 0.3) is 0 Å². The maximum Gasteiger partial charge on any atom is 1.00 e. The van der Waals surface area contributed by atoms with Crippen LogP contribution >= 0.6 is 0 Å². The first kappa shape index (κ1) is 14.8. The number of nitrogens with two attached hydrogens (primary N) is 1. The number of aldehydes is 1. The summed E-state index contributed by atoms with van der Waals surface area (Å²) in [7, 11) is 0. The van der Waals surface area contributed by atoms with E-state index in [4.69, 9.17) is 10.5 Å². The number of hydrogen-bond donors (Lipinski definition) is 1. The molecule has 0 saturated carbocycles. The van der Waals surface area contributed by atoms with E-state index in [1.54, 1.807) is 24.5 Å². The molecule has 0 saturated heterocycles. The molecule has 80 valence electrons. The van der Waals surface area contributed by atoms with Crippen molar-refractivity contribution in [1.82, 2.24) is 0 Å². The minimum absolute atomic E-state index is 0. The number of hydrogen-bond acceptors (Lipinski definition) is 4. The van der Waals surface area contributed by atoms with Gasteiger partial charge in [0.1, 0.15) is 5.75 Å². The molecule has 0 amide bonds. The summed E-state index contributed by atoms with van der Waals surface area (Å²) in [4.78, 5) is 20.4. The van der Waals surface area contributed by atoms with Gasteiger partial charge in [0, 0.05) is 17.3 Å². The number of unbranched alkanes of at least 4 members (excludes halogenated alkanes) is 1. The molecule has 5 heteroatoms. The van der Waals surface area contributed by atoms with E-state index in [2.05, 4.69) is 0 Å². The summed E-state index contributed by atoms with van der Waals surface area (Å²) >= 11 is 0. The summed E-state index contributed by atoms with van der Waals surface area (Å²) in [5.41, 5.74) is 6.43. The van der Waals surface area contributed by atoms with E-state index in [0.717, 1.165) is 0 Å². The van der Waals surface area contributed by atoms with Crippen LogP contribution in [0.1, 0.15) is 23.2 Å². The molecule has 1 aromatic rings. The molecule has 1 rings (SSSR count). The Morgan fingerprint density at radius 3 is 2.75 bits per heavy atom. The molecule has 0 aliphatic carbocycles. The smallest absolute Gasteiger partial charge is 0.542 e. The molecule has 0 radical (unpaired) electrons. The molecule has 0 unspecified atom stereocenters. The van der Waals surface area contributed by atoms with E-state index >= 15 is 0 Å². The van der Waals surface area contributed by atoms with Crippen molar-refractivity contribution in [2.24, 2.45) is 0 Å². The van der Waals surface area contributed by atoms with E-state index in [1.807, 2.05) is 0 Å². The van der Waals surface area contributed by atoms with Crippen molar-refractivity contribution >= 4 is 18.3 Å².